The number of anilines is 1. The van der Waals surface area contributed by atoms with Gasteiger partial charge in [-0.1, -0.05) is 28.1 Å². The minimum Gasteiger partial charge on any atom is -0.493 e. The fraction of sp³-hybridized carbons (Fsp3) is 0.0769. The summed E-state index contributed by atoms with van der Waals surface area (Å²) in [6.07, 6.45) is 0. The standard InChI is InChI=1S/C13H12BrNO2/c1-16-11-4-2-3-5-12(11)17-13-8-9(14)6-7-10(13)15/h2-8H,15H2,1H3. The van der Waals surface area contributed by atoms with Crippen LogP contribution in [0.2, 0.25) is 0 Å². The van der Waals surface area contributed by atoms with Crippen LogP contribution in [0.4, 0.5) is 5.69 Å². The van der Waals surface area contributed by atoms with Crippen LogP contribution in [0.25, 0.3) is 0 Å². The molecular formula is C13H12BrNO2. The Morgan fingerprint density at radius 2 is 1.71 bits per heavy atom. The van der Waals surface area contributed by atoms with Crippen LogP contribution >= 0.6 is 15.9 Å². The minimum atomic E-state index is 0.583. The highest BCUT2D eigenvalue weighted by atomic mass is 79.9. The maximum absolute atomic E-state index is 5.84. The molecule has 88 valence electrons. The van der Waals surface area contributed by atoms with Gasteiger partial charge >= 0.3 is 0 Å². The number of nitrogen functional groups attached to an aromatic ring is 1. The molecule has 0 amide bonds. The van der Waals surface area contributed by atoms with Crippen molar-refractivity contribution in [2.24, 2.45) is 0 Å². The van der Waals surface area contributed by atoms with E-state index >= 15 is 0 Å². The lowest BCUT2D eigenvalue weighted by Gasteiger charge is -2.11. The van der Waals surface area contributed by atoms with Crippen LogP contribution in [0, 0.1) is 0 Å². The molecule has 3 nitrogen and oxygen atoms in total. The van der Waals surface area contributed by atoms with E-state index in [9.17, 15) is 0 Å². The van der Waals surface area contributed by atoms with Gasteiger partial charge in [0.15, 0.2) is 17.2 Å². The second kappa shape index (κ2) is 5.10. The average molecular weight is 294 g/mol. The number of benzene rings is 2. The van der Waals surface area contributed by atoms with Crippen LogP contribution in [-0.4, -0.2) is 7.11 Å². The van der Waals surface area contributed by atoms with Crippen molar-refractivity contribution in [3.8, 4) is 17.2 Å². The van der Waals surface area contributed by atoms with Gasteiger partial charge in [-0.3, -0.25) is 0 Å². The van der Waals surface area contributed by atoms with Gasteiger partial charge in [-0.05, 0) is 30.3 Å². The van der Waals surface area contributed by atoms with Gasteiger partial charge in [0.2, 0.25) is 0 Å². The third kappa shape index (κ3) is 2.71. The summed E-state index contributed by atoms with van der Waals surface area (Å²) < 4.78 is 11.9. The first-order valence-corrected chi connectivity index (χ1v) is 5.86. The fourth-order valence-electron chi connectivity index (χ4n) is 1.42. The first-order chi connectivity index (χ1) is 8.20. The van der Waals surface area contributed by atoms with E-state index in [1.807, 2.05) is 36.4 Å². The molecule has 0 aliphatic heterocycles. The van der Waals surface area contributed by atoms with Gasteiger partial charge in [-0.2, -0.15) is 0 Å². The molecule has 17 heavy (non-hydrogen) atoms. The second-order valence-electron chi connectivity index (χ2n) is 3.44. The van der Waals surface area contributed by atoms with Crippen LogP contribution < -0.4 is 15.2 Å². The van der Waals surface area contributed by atoms with Gasteiger partial charge in [0.25, 0.3) is 0 Å². The van der Waals surface area contributed by atoms with Crippen LogP contribution in [0.15, 0.2) is 46.9 Å². The maximum Gasteiger partial charge on any atom is 0.169 e. The van der Waals surface area contributed by atoms with Crippen molar-refractivity contribution in [1.82, 2.24) is 0 Å². The molecule has 2 aromatic rings. The van der Waals surface area contributed by atoms with Crippen LogP contribution in [0.3, 0.4) is 0 Å². The SMILES string of the molecule is COc1ccccc1Oc1cc(Br)ccc1N. The number of nitrogens with two attached hydrogens (primary N) is 1. The number of ether oxygens (including phenoxy) is 2. The number of halogens is 1. The summed E-state index contributed by atoms with van der Waals surface area (Å²) in [6, 6.07) is 12.9. The van der Waals surface area contributed by atoms with Crippen molar-refractivity contribution in [1.29, 1.82) is 0 Å². The largest absolute Gasteiger partial charge is 0.493 e. The molecule has 0 spiro atoms. The highest BCUT2D eigenvalue weighted by Crippen LogP contribution is 2.35. The predicted octanol–water partition coefficient (Wildman–Crippen LogP) is 3.83. The zero-order valence-electron chi connectivity index (χ0n) is 9.31. The van der Waals surface area contributed by atoms with E-state index in [0.717, 1.165) is 4.47 Å². The Hall–Kier alpha value is -1.68. The molecule has 0 aliphatic rings. The lowest BCUT2D eigenvalue weighted by Crippen LogP contribution is -1.94. The summed E-state index contributed by atoms with van der Waals surface area (Å²) in [5.74, 6) is 1.91. The lowest BCUT2D eigenvalue weighted by molar-refractivity contribution is 0.379. The molecule has 0 saturated heterocycles. The highest BCUT2D eigenvalue weighted by Gasteiger charge is 2.07. The zero-order valence-corrected chi connectivity index (χ0v) is 10.9. The van der Waals surface area contributed by atoms with Crippen LogP contribution in [0.5, 0.6) is 17.2 Å². The minimum absolute atomic E-state index is 0.583. The van der Waals surface area contributed by atoms with Crippen molar-refractivity contribution >= 4 is 21.6 Å². The van der Waals surface area contributed by atoms with E-state index in [0.29, 0.717) is 22.9 Å². The average Bonchev–Trinajstić information content (AvgIpc) is 2.34. The summed E-state index contributed by atoms with van der Waals surface area (Å²) in [5.41, 5.74) is 6.42. The summed E-state index contributed by atoms with van der Waals surface area (Å²) in [5, 5.41) is 0. The first kappa shape index (κ1) is 11.8. The first-order valence-electron chi connectivity index (χ1n) is 5.06. The molecule has 0 aromatic heterocycles. The molecule has 0 unspecified atom stereocenters. The Morgan fingerprint density at radius 3 is 2.41 bits per heavy atom. The number of methoxy groups -OCH3 is 1. The molecule has 2 rings (SSSR count). The van der Waals surface area contributed by atoms with E-state index in [1.165, 1.54) is 0 Å². The number of rotatable bonds is 3. The van der Waals surface area contributed by atoms with Crippen LogP contribution in [-0.2, 0) is 0 Å². The van der Waals surface area contributed by atoms with Crippen molar-refractivity contribution in [3.63, 3.8) is 0 Å². The Morgan fingerprint density at radius 1 is 1.00 bits per heavy atom. The molecule has 0 bridgehead atoms. The smallest absolute Gasteiger partial charge is 0.169 e. The molecule has 0 radical (unpaired) electrons. The maximum atomic E-state index is 5.84. The summed E-state index contributed by atoms with van der Waals surface area (Å²) in [7, 11) is 1.60. The molecule has 2 aromatic carbocycles. The Balaban J connectivity index is 2.34. The van der Waals surface area contributed by atoms with Crippen LogP contribution in [0.1, 0.15) is 0 Å². The summed E-state index contributed by atoms with van der Waals surface area (Å²) in [4.78, 5) is 0. The fourth-order valence-corrected chi connectivity index (χ4v) is 1.76. The Kier molecular flexibility index (Phi) is 3.54. The van der Waals surface area contributed by atoms with Gasteiger partial charge < -0.3 is 15.2 Å². The van der Waals surface area contributed by atoms with E-state index in [2.05, 4.69) is 15.9 Å². The molecule has 4 heteroatoms. The zero-order chi connectivity index (χ0) is 12.3. The normalized spacial score (nSPS) is 10.0. The molecule has 0 saturated carbocycles. The molecular weight excluding hydrogens is 282 g/mol. The summed E-state index contributed by atoms with van der Waals surface area (Å²) in [6.45, 7) is 0. The molecule has 0 atom stereocenters. The van der Waals surface area contributed by atoms with Crippen molar-refractivity contribution in [3.05, 3.63) is 46.9 Å². The lowest BCUT2D eigenvalue weighted by atomic mass is 10.3. The topological polar surface area (TPSA) is 44.5 Å². The van der Waals surface area contributed by atoms with Gasteiger partial charge in [0, 0.05) is 4.47 Å². The number of hydrogen-bond donors (Lipinski definition) is 1. The highest BCUT2D eigenvalue weighted by molar-refractivity contribution is 9.10. The Labute approximate surface area is 108 Å². The summed E-state index contributed by atoms with van der Waals surface area (Å²) >= 11 is 3.38. The number of hydrogen-bond acceptors (Lipinski definition) is 3. The molecule has 0 heterocycles. The molecule has 0 fully saturated rings. The van der Waals surface area contributed by atoms with E-state index in [4.69, 9.17) is 15.2 Å². The third-order valence-corrected chi connectivity index (χ3v) is 2.76. The van der Waals surface area contributed by atoms with E-state index < -0.39 is 0 Å². The van der Waals surface area contributed by atoms with Gasteiger partial charge in [0.1, 0.15) is 0 Å². The van der Waals surface area contributed by atoms with Gasteiger partial charge in [0.05, 0.1) is 12.8 Å². The monoisotopic (exact) mass is 293 g/mol. The van der Waals surface area contributed by atoms with Gasteiger partial charge in [-0.15, -0.1) is 0 Å². The van der Waals surface area contributed by atoms with Gasteiger partial charge in [-0.25, -0.2) is 0 Å². The quantitative estimate of drug-likeness (QED) is 0.875. The van der Waals surface area contributed by atoms with Crippen molar-refractivity contribution in [2.45, 2.75) is 0 Å². The second-order valence-corrected chi connectivity index (χ2v) is 4.35. The predicted molar refractivity (Wildman–Crippen MR) is 71.6 cm³/mol. The molecule has 0 aliphatic carbocycles. The van der Waals surface area contributed by atoms with Crippen molar-refractivity contribution in [2.75, 3.05) is 12.8 Å². The van der Waals surface area contributed by atoms with E-state index in [-0.39, 0.29) is 0 Å². The third-order valence-electron chi connectivity index (χ3n) is 2.26. The van der Waals surface area contributed by atoms with E-state index in [1.54, 1.807) is 13.2 Å². The Bertz CT molecular complexity index is 529. The number of para-hydroxylation sites is 2. The molecule has 2 N–H and O–H groups in total. The van der Waals surface area contributed by atoms with Crippen molar-refractivity contribution < 1.29 is 9.47 Å².